The topological polar surface area (TPSA) is 46.5 Å². The summed E-state index contributed by atoms with van der Waals surface area (Å²) in [5.41, 5.74) is 0.561. The summed E-state index contributed by atoms with van der Waals surface area (Å²) in [4.78, 5) is 10.4. The number of carbonyl (C=O) groups is 1. The molecular formula is C10H10ClFO3. The van der Waals surface area contributed by atoms with Crippen LogP contribution in [0.5, 0.6) is 0 Å². The highest BCUT2D eigenvalue weighted by Crippen LogP contribution is 2.18. The van der Waals surface area contributed by atoms with Gasteiger partial charge < -0.3 is 9.84 Å². The monoisotopic (exact) mass is 232 g/mol. The van der Waals surface area contributed by atoms with Crippen molar-refractivity contribution < 1.29 is 19.0 Å². The van der Waals surface area contributed by atoms with Crippen molar-refractivity contribution in [2.75, 3.05) is 0 Å². The molecule has 0 aliphatic carbocycles. The first-order valence-electron chi connectivity index (χ1n) is 4.29. The molecule has 1 aromatic carbocycles. The van der Waals surface area contributed by atoms with Crippen molar-refractivity contribution in [2.45, 2.75) is 19.6 Å². The number of halogens is 2. The molecule has 0 unspecified atom stereocenters. The molecule has 1 rings (SSSR count). The number of ether oxygens (including phenoxy) is 1. The molecule has 0 aliphatic heterocycles. The van der Waals surface area contributed by atoms with Crippen LogP contribution in [0.4, 0.5) is 4.39 Å². The second kappa shape index (κ2) is 5.09. The summed E-state index contributed by atoms with van der Waals surface area (Å²) in [6.07, 6.45) is -0.911. The van der Waals surface area contributed by atoms with Crippen LogP contribution in [-0.2, 0) is 16.1 Å². The highest BCUT2D eigenvalue weighted by Gasteiger charge is 2.12. The first kappa shape index (κ1) is 11.9. The summed E-state index contributed by atoms with van der Waals surface area (Å²) in [6, 6.07) is 3.87. The number of hydrogen-bond acceptors (Lipinski definition) is 2. The summed E-state index contributed by atoms with van der Waals surface area (Å²) in [7, 11) is 0. The molecule has 82 valence electrons. The standard InChI is InChI=1S/C10H10ClFO3/c1-6(10(13)14)15-5-7-2-3-8(12)4-9(7)11/h2-4,6H,5H2,1H3,(H,13,14)/t6-/m0/s1. The molecule has 15 heavy (non-hydrogen) atoms. The van der Waals surface area contributed by atoms with Crippen molar-refractivity contribution in [3.63, 3.8) is 0 Å². The van der Waals surface area contributed by atoms with Crippen LogP contribution in [0.2, 0.25) is 5.02 Å². The van der Waals surface area contributed by atoms with Gasteiger partial charge in [-0.05, 0) is 24.6 Å². The van der Waals surface area contributed by atoms with Crippen molar-refractivity contribution in [1.82, 2.24) is 0 Å². The van der Waals surface area contributed by atoms with E-state index < -0.39 is 17.9 Å². The van der Waals surface area contributed by atoms with Gasteiger partial charge in [0.05, 0.1) is 6.61 Å². The molecule has 3 nitrogen and oxygen atoms in total. The Bertz CT molecular complexity index is 368. The van der Waals surface area contributed by atoms with Crippen molar-refractivity contribution >= 4 is 17.6 Å². The molecule has 5 heteroatoms. The predicted octanol–water partition coefficient (Wildman–Crippen LogP) is 2.47. The molecule has 0 saturated heterocycles. The van der Waals surface area contributed by atoms with Gasteiger partial charge in [-0.3, -0.25) is 0 Å². The molecule has 1 atom stereocenters. The number of carboxylic acid groups (broad SMARTS) is 1. The van der Waals surface area contributed by atoms with Crippen LogP contribution in [0.15, 0.2) is 18.2 Å². The van der Waals surface area contributed by atoms with E-state index in [2.05, 4.69) is 0 Å². The Kier molecular flexibility index (Phi) is 4.05. The second-order valence-corrected chi connectivity index (χ2v) is 3.43. The average Bonchev–Trinajstić information content (AvgIpc) is 2.15. The van der Waals surface area contributed by atoms with E-state index in [9.17, 15) is 9.18 Å². The smallest absolute Gasteiger partial charge is 0.332 e. The summed E-state index contributed by atoms with van der Waals surface area (Å²) < 4.78 is 17.7. The van der Waals surface area contributed by atoms with E-state index in [4.69, 9.17) is 21.4 Å². The molecule has 0 saturated carbocycles. The van der Waals surface area contributed by atoms with Crippen LogP contribution in [0.1, 0.15) is 12.5 Å². The summed E-state index contributed by atoms with van der Waals surface area (Å²) >= 11 is 5.73. The molecule has 0 aromatic heterocycles. The van der Waals surface area contributed by atoms with Gasteiger partial charge in [0.25, 0.3) is 0 Å². The Morgan fingerprint density at radius 3 is 2.87 bits per heavy atom. The van der Waals surface area contributed by atoms with Crippen molar-refractivity contribution in [2.24, 2.45) is 0 Å². The van der Waals surface area contributed by atoms with Crippen molar-refractivity contribution in [3.8, 4) is 0 Å². The van der Waals surface area contributed by atoms with Gasteiger partial charge in [0.1, 0.15) is 5.82 Å². The molecule has 0 amide bonds. The van der Waals surface area contributed by atoms with Gasteiger partial charge in [0.2, 0.25) is 0 Å². The van der Waals surface area contributed by atoms with Crippen molar-refractivity contribution in [3.05, 3.63) is 34.6 Å². The van der Waals surface area contributed by atoms with Crippen LogP contribution in [-0.4, -0.2) is 17.2 Å². The number of rotatable bonds is 4. The zero-order chi connectivity index (χ0) is 11.4. The summed E-state index contributed by atoms with van der Waals surface area (Å²) in [5, 5.41) is 8.78. The van der Waals surface area contributed by atoms with E-state index in [-0.39, 0.29) is 11.6 Å². The minimum absolute atomic E-state index is 0.0482. The largest absolute Gasteiger partial charge is 0.479 e. The number of carboxylic acids is 1. The van der Waals surface area contributed by atoms with E-state index in [1.807, 2.05) is 0 Å². The van der Waals surface area contributed by atoms with Crippen molar-refractivity contribution in [1.29, 1.82) is 0 Å². The maximum absolute atomic E-state index is 12.7. The SMILES string of the molecule is C[C@H](OCc1ccc(F)cc1Cl)C(=O)O. The molecule has 0 spiro atoms. The van der Waals surface area contributed by atoms with E-state index in [0.717, 1.165) is 6.07 Å². The zero-order valence-corrected chi connectivity index (χ0v) is 8.79. The van der Waals surface area contributed by atoms with Gasteiger partial charge in [-0.2, -0.15) is 0 Å². The van der Waals surface area contributed by atoms with Gasteiger partial charge in [-0.25, -0.2) is 9.18 Å². The van der Waals surface area contributed by atoms with Gasteiger partial charge in [0, 0.05) is 5.02 Å². The molecule has 0 bridgehead atoms. The van der Waals surface area contributed by atoms with Gasteiger partial charge in [-0.15, -0.1) is 0 Å². The lowest BCUT2D eigenvalue weighted by atomic mass is 10.2. The van der Waals surface area contributed by atoms with Crippen LogP contribution in [0.25, 0.3) is 0 Å². The fourth-order valence-electron chi connectivity index (χ4n) is 0.925. The Balaban J connectivity index is 2.62. The molecular weight excluding hydrogens is 223 g/mol. The molecule has 0 fully saturated rings. The van der Waals surface area contributed by atoms with Gasteiger partial charge in [-0.1, -0.05) is 17.7 Å². The maximum atomic E-state index is 12.7. The summed E-state index contributed by atoms with van der Waals surface area (Å²) in [5.74, 6) is -1.48. The highest BCUT2D eigenvalue weighted by molar-refractivity contribution is 6.31. The Morgan fingerprint density at radius 1 is 1.67 bits per heavy atom. The second-order valence-electron chi connectivity index (χ2n) is 3.03. The van der Waals surface area contributed by atoms with Crippen LogP contribution in [0, 0.1) is 5.82 Å². The van der Waals surface area contributed by atoms with E-state index in [1.165, 1.54) is 19.1 Å². The normalized spacial score (nSPS) is 12.5. The Labute approximate surface area is 91.4 Å². The fourth-order valence-corrected chi connectivity index (χ4v) is 1.15. The maximum Gasteiger partial charge on any atom is 0.332 e. The minimum atomic E-state index is -1.05. The number of aliphatic carboxylic acids is 1. The van der Waals surface area contributed by atoms with Crippen LogP contribution >= 0.6 is 11.6 Å². The lowest BCUT2D eigenvalue weighted by Crippen LogP contribution is -2.19. The molecule has 0 aliphatic rings. The van der Waals surface area contributed by atoms with Gasteiger partial charge in [0.15, 0.2) is 6.10 Å². The third kappa shape index (κ3) is 3.49. The van der Waals surface area contributed by atoms with E-state index in [1.54, 1.807) is 0 Å². The minimum Gasteiger partial charge on any atom is -0.479 e. The molecule has 1 aromatic rings. The Morgan fingerprint density at radius 2 is 2.33 bits per heavy atom. The van der Waals surface area contributed by atoms with Gasteiger partial charge >= 0.3 is 5.97 Å². The molecule has 0 heterocycles. The van der Waals surface area contributed by atoms with E-state index >= 15 is 0 Å². The zero-order valence-electron chi connectivity index (χ0n) is 8.04. The third-order valence-electron chi connectivity index (χ3n) is 1.85. The van der Waals surface area contributed by atoms with Crippen LogP contribution < -0.4 is 0 Å². The highest BCUT2D eigenvalue weighted by atomic mass is 35.5. The Hall–Kier alpha value is -1.13. The number of hydrogen-bond donors (Lipinski definition) is 1. The quantitative estimate of drug-likeness (QED) is 0.868. The number of benzene rings is 1. The summed E-state index contributed by atoms with van der Waals surface area (Å²) in [6.45, 7) is 1.46. The first-order chi connectivity index (χ1) is 7.00. The van der Waals surface area contributed by atoms with Crippen LogP contribution in [0.3, 0.4) is 0 Å². The third-order valence-corrected chi connectivity index (χ3v) is 2.20. The first-order valence-corrected chi connectivity index (χ1v) is 4.67. The lowest BCUT2D eigenvalue weighted by Gasteiger charge is -2.09. The van der Waals surface area contributed by atoms with E-state index in [0.29, 0.717) is 5.56 Å². The fraction of sp³-hybridized carbons (Fsp3) is 0.300. The average molecular weight is 233 g/mol. The predicted molar refractivity (Wildman–Crippen MR) is 53.3 cm³/mol. The molecule has 0 radical (unpaired) electrons. The molecule has 1 N–H and O–H groups in total. The lowest BCUT2D eigenvalue weighted by molar-refractivity contribution is -0.149.